The van der Waals surface area contributed by atoms with E-state index in [0.717, 1.165) is 16.3 Å². The molecule has 1 fully saturated rings. The monoisotopic (exact) mass is 389 g/mol. The van der Waals surface area contributed by atoms with Crippen molar-refractivity contribution < 1.29 is 9.59 Å². The van der Waals surface area contributed by atoms with Crippen molar-refractivity contribution in [3.8, 4) is 0 Å². The summed E-state index contributed by atoms with van der Waals surface area (Å²) in [7, 11) is 0. The maximum absolute atomic E-state index is 12.5. The van der Waals surface area contributed by atoms with Crippen LogP contribution in [-0.2, 0) is 16.0 Å². The molecule has 0 radical (unpaired) electrons. The van der Waals surface area contributed by atoms with Crippen LogP contribution in [0.2, 0.25) is 0 Å². The average Bonchev–Trinajstić information content (AvgIpc) is 2.78. The Morgan fingerprint density at radius 1 is 0.897 bits per heavy atom. The summed E-state index contributed by atoms with van der Waals surface area (Å²) in [4.78, 5) is 37.2. The predicted octanol–water partition coefficient (Wildman–Crippen LogP) is 1.64. The summed E-state index contributed by atoms with van der Waals surface area (Å²) in [6, 6.07) is 15.7. The minimum absolute atomic E-state index is 0.0193. The quantitative estimate of drug-likeness (QED) is 0.718. The predicted molar refractivity (Wildman–Crippen MR) is 111 cm³/mol. The van der Waals surface area contributed by atoms with Crippen LogP contribution in [0.1, 0.15) is 5.56 Å². The third-order valence-corrected chi connectivity index (χ3v) is 5.14. The van der Waals surface area contributed by atoms with Gasteiger partial charge in [0.25, 0.3) is 0 Å². The van der Waals surface area contributed by atoms with Crippen LogP contribution in [0.25, 0.3) is 10.8 Å². The molecule has 0 aliphatic carbocycles. The summed E-state index contributed by atoms with van der Waals surface area (Å²) in [5.74, 6) is 0.471. The van der Waals surface area contributed by atoms with Crippen LogP contribution < -0.4 is 10.2 Å². The molecule has 1 saturated heterocycles. The lowest BCUT2D eigenvalue weighted by Crippen LogP contribution is -2.51. The molecule has 7 heteroatoms. The van der Waals surface area contributed by atoms with Crippen molar-refractivity contribution in [2.75, 3.05) is 37.6 Å². The maximum Gasteiger partial charge on any atom is 0.242 e. The van der Waals surface area contributed by atoms with Gasteiger partial charge in [0.2, 0.25) is 17.8 Å². The second-order valence-electron chi connectivity index (χ2n) is 7.01. The number of carbonyl (C=O) groups is 2. The van der Waals surface area contributed by atoms with Crippen LogP contribution >= 0.6 is 0 Å². The zero-order valence-electron chi connectivity index (χ0n) is 16.1. The van der Waals surface area contributed by atoms with E-state index in [-0.39, 0.29) is 24.8 Å². The minimum atomic E-state index is -0.147. The van der Waals surface area contributed by atoms with Crippen molar-refractivity contribution in [1.29, 1.82) is 0 Å². The van der Waals surface area contributed by atoms with E-state index < -0.39 is 0 Å². The number of hydrogen-bond donors (Lipinski definition) is 1. The molecule has 7 nitrogen and oxygen atoms in total. The van der Waals surface area contributed by atoms with E-state index in [0.29, 0.717) is 32.1 Å². The first-order valence-corrected chi connectivity index (χ1v) is 9.74. The van der Waals surface area contributed by atoms with Gasteiger partial charge in [-0.3, -0.25) is 9.59 Å². The van der Waals surface area contributed by atoms with E-state index in [1.807, 2.05) is 42.5 Å². The fourth-order valence-corrected chi connectivity index (χ4v) is 3.58. The Morgan fingerprint density at radius 3 is 2.41 bits per heavy atom. The molecule has 29 heavy (non-hydrogen) atoms. The minimum Gasteiger partial charge on any atom is -0.347 e. The van der Waals surface area contributed by atoms with Gasteiger partial charge < -0.3 is 15.1 Å². The number of benzene rings is 2. The van der Waals surface area contributed by atoms with Crippen LogP contribution in [0.15, 0.2) is 60.9 Å². The molecule has 4 rings (SSSR count). The lowest BCUT2D eigenvalue weighted by Gasteiger charge is -2.34. The number of nitrogens with zero attached hydrogens (tertiary/aromatic N) is 4. The van der Waals surface area contributed by atoms with E-state index in [1.165, 1.54) is 0 Å². The molecule has 0 saturated carbocycles. The first-order chi connectivity index (χ1) is 14.2. The van der Waals surface area contributed by atoms with E-state index in [2.05, 4.69) is 20.2 Å². The van der Waals surface area contributed by atoms with Crippen molar-refractivity contribution in [3.63, 3.8) is 0 Å². The molecule has 148 valence electrons. The van der Waals surface area contributed by atoms with E-state index in [1.54, 1.807) is 23.4 Å². The van der Waals surface area contributed by atoms with E-state index in [4.69, 9.17) is 0 Å². The molecule has 1 aliphatic rings. The van der Waals surface area contributed by atoms with Gasteiger partial charge in [-0.2, -0.15) is 0 Å². The first-order valence-electron chi connectivity index (χ1n) is 9.74. The number of amides is 2. The van der Waals surface area contributed by atoms with Crippen molar-refractivity contribution >= 4 is 28.5 Å². The van der Waals surface area contributed by atoms with Gasteiger partial charge in [-0.15, -0.1) is 0 Å². The van der Waals surface area contributed by atoms with Crippen LogP contribution in [0.3, 0.4) is 0 Å². The third-order valence-electron chi connectivity index (χ3n) is 5.14. The van der Waals surface area contributed by atoms with E-state index in [9.17, 15) is 9.59 Å². The highest BCUT2D eigenvalue weighted by Gasteiger charge is 2.22. The molecule has 1 N–H and O–H groups in total. The number of carbonyl (C=O) groups excluding carboxylic acids is 2. The molecule has 0 atom stereocenters. The van der Waals surface area contributed by atoms with E-state index >= 15 is 0 Å². The van der Waals surface area contributed by atoms with Crippen LogP contribution in [0.4, 0.5) is 5.95 Å². The van der Waals surface area contributed by atoms with Crippen LogP contribution in [-0.4, -0.2) is 59.4 Å². The average molecular weight is 389 g/mol. The Bertz CT molecular complexity index is 995. The largest absolute Gasteiger partial charge is 0.347 e. The van der Waals surface area contributed by atoms with Crippen molar-refractivity contribution in [1.82, 2.24) is 20.2 Å². The lowest BCUT2D eigenvalue weighted by molar-refractivity contribution is -0.133. The zero-order valence-corrected chi connectivity index (χ0v) is 16.1. The number of rotatable bonds is 5. The van der Waals surface area contributed by atoms with Gasteiger partial charge in [-0.05, 0) is 22.4 Å². The molecule has 2 heterocycles. The van der Waals surface area contributed by atoms with Gasteiger partial charge in [0.05, 0.1) is 13.0 Å². The number of nitrogens with one attached hydrogen (secondary N) is 1. The van der Waals surface area contributed by atoms with Gasteiger partial charge in [0, 0.05) is 38.6 Å². The SMILES string of the molecule is O=C(Cc1cccc2ccccc12)NCC(=O)N1CCN(c2ncccn2)CC1. The molecule has 0 unspecified atom stereocenters. The highest BCUT2D eigenvalue weighted by molar-refractivity contribution is 5.91. The van der Waals surface area contributed by atoms with Crippen molar-refractivity contribution in [2.24, 2.45) is 0 Å². The smallest absolute Gasteiger partial charge is 0.242 e. The summed E-state index contributed by atoms with van der Waals surface area (Å²) < 4.78 is 0. The fourth-order valence-electron chi connectivity index (χ4n) is 3.58. The highest BCUT2D eigenvalue weighted by Crippen LogP contribution is 2.18. The number of aromatic nitrogens is 2. The van der Waals surface area contributed by atoms with Crippen molar-refractivity contribution in [3.05, 3.63) is 66.5 Å². The van der Waals surface area contributed by atoms with Gasteiger partial charge in [-0.25, -0.2) is 9.97 Å². The molecule has 0 bridgehead atoms. The Hall–Kier alpha value is -3.48. The van der Waals surface area contributed by atoms with Crippen LogP contribution in [0.5, 0.6) is 0 Å². The van der Waals surface area contributed by atoms with Crippen molar-refractivity contribution in [2.45, 2.75) is 6.42 Å². The highest BCUT2D eigenvalue weighted by atomic mass is 16.2. The summed E-state index contributed by atoms with van der Waals surface area (Å²) >= 11 is 0. The van der Waals surface area contributed by atoms with Gasteiger partial charge in [0.1, 0.15) is 0 Å². The Kier molecular flexibility index (Phi) is 5.65. The topological polar surface area (TPSA) is 78.4 Å². The molecule has 3 aromatic rings. The Balaban J connectivity index is 1.27. The fraction of sp³-hybridized carbons (Fsp3) is 0.273. The second kappa shape index (κ2) is 8.68. The zero-order chi connectivity index (χ0) is 20.1. The van der Waals surface area contributed by atoms with Gasteiger partial charge in [-0.1, -0.05) is 42.5 Å². The number of hydrogen-bond acceptors (Lipinski definition) is 5. The normalized spacial score (nSPS) is 14.1. The molecular weight excluding hydrogens is 366 g/mol. The summed E-state index contributed by atoms with van der Waals surface area (Å²) in [5, 5.41) is 4.94. The number of anilines is 1. The maximum atomic E-state index is 12.5. The number of piperazine rings is 1. The summed E-state index contributed by atoms with van der Waals surface area (Å²) in [6.07, 6.45) is 3.68. The van der Waals surface area contributed by atoms with Gasteiger partial charge >= 0.3 is 0 Å². The molecule has 2 aromatic carbocycles. The van der Waals surface area contributed by atoms with Crippen LogP contribution in [0, 0.1) is 0 Å². The lowest BCUT2D eigenvalue weighted by atomic mass is 10.0. The molecule has 0 spiro atoms. The number of fused-ring (bicyclic) bond motifs is 1. The van der Waals surface area contributed by atoms with Gasteiger partial charge in [0.15, 0.2) is 0 Å². The standard InChI is InChI=1S/C22H23N5O2/c28-20(15-18-7-3-6-17-5-1-2-8-19(17)18)25-16-21(29)26-11-13-27(14-12-26)22-23-9-4-10-24-22/h1-10H,11-16H2,(H,25,28). The molecule has 1 aliphatic heterocycles. The molecule has 1 aromatic heterocycles. The molecule has 2 amide bonds. The summed E-state index contributed by atoms with van der Waals surface area (Å²) in [5.41, 5.74) is 0.963. The Labute approximate surface area is 169 Å². The second-order valence-corrected chi connectivity index (χ2v) is 7.01. The third kappa shape index (κ3) is 4.51. The first kappa shape index (κ1) is 18.9. The summed E-state index contributed by atoms with van der Waals surface area (Å²) in [6.45, 7) is 2.57. The Morgan fingerprint density at radius 2 is 1.62 bits per heavy atom. The molecular formula is C22H23N5O2.